The molecule has 49 heavy (non-hydrogen) atoms. The van der Waals surface area contributed by atoms with Gasteiger partial charge in [0.25, 0.3) is 0 Å². The molecule has 0 amide bonds. The Morgan fingerprint density at radius 3 is 1.69 bits per heavy atom. The van der Waals surface area contributed by atoms with Gasteiger partial charge in [-0.2, -0.15) is 5.26 Å². The number of rotatable bonds is 6. The molecule has 2 heterocycles. The second-order valence-corrected chi connectivity index (χ2v) is 13.8. The molecule has 2 saturated carbocycles. The van der Waals surface area contributed by atoms with Crippen molar-refractivity contribution in [2.75, 3.05) is 0 Å². The van der Waals surface area contributed by atoms with Crippen molar-refractivity contribution in [1.82, 2.24) is 0 Å². The lowest BCUT2D eigenvalue weighted by atomic mass is 9.65. The molecule has 2 atom stereocenters. The third kappa shape index (κ3) is 5.64. The van der Waals surface area contributed by atoms with Crippen LogP contribution in [0.5, 0.6) is 0 Å². The van der Waals surface area contributed by atoms with E-state index in [2.05, 4.69) is 18.2 Å². The highest BCUT2D eigenvalue weighted by Crippen LogP contribution is 2.51. The molecule has 7 nitrogen and oxygen atoms in total. The number of halogens is 1. The number of para-hydroxylation sites is 2. The van der Waals surface area contributed by atoms with Crippen LogP contribution in [0.15, 0.2) is 94.9 Å². The van der Waals surface area contributed by atoms with Gasteiger partial charge in [-0.3, -0.25) is 9.98 Å². The summed E-state index contributed by atoms with van der Waals surface area (Å²) in [5, 5.41) is 29.2. The van der Waals surface area contributed by atoms with Crippen LogP contribution >= 0.6 is 11.6 Å². The number of aliphatic imine (C=N–C) groups is 2. The monoisotopic (exact) mass is 669 g/mol. The van der Waals surface area contributed by atoms with E-state index in [1.54, 1.807) is 36.4 Å². The van der Waals surface area contributed by atoms with Crippen molar-refractivity contribution in [1.29, 1.82) is 5.26 Å². The molecule has 4 aromatic carbocycles. The molecule has 0 saturated heterocycles. The van der Waals surface area contributed by atoms with Gasteiger partial charge in [0.05, 0.1) is 34.1 Å². The number of hydrogen-bond donors (Lipinski definition) is 2. The van der Waals surface area contributed by atoms with Gasteiger partial charge in [0.2, 0.25) is 0 Å². The Bertz CT molecular complexity index is 2100. The molecule has 2 N–H and O–H groups in total. The fraction of sp³-hybridized carbons (Fsp3) is 0.293. The normalized spacial score (nSPS) is 21.4. The molecule has 0 aromatic heterocycles. The van der Waals surface area contributed by atoms with Gasteiger partial charge in [0, 0.05) is 27.3 Å². The van der Waals surface area contributed by atoms with Gasteiger partial charge in [-0.25, -0.2) is 9.59 Å². The summed E-state index contributed by atoms with van der Waals surface area (Å²) >= 11 is 6.40. The first kappa shape index (κ1) is 32.5. The summed E-state index contributed by atoms with van der Waals surface area (Å²) in [5.74, 6) is -1.91. The number of aromatic carboxylic acids is 2. The predicted octanol–water partition coefficient (Wildman–Crippen LogP) is 9.58. The number of hydrogen-bond acceptors (Lipinski definition) is 5. The van der Waals surface area contributed by atoms with Crippen LogP contribution in [0.25, 0.3) is 0 Å². The Hall–Kier alpha value is -5.06. The molecule has 2 aliphatic carbocycles. The van der Waals surface area contributed by atoms with Crippen molar-refractivity contribution in [2.24, 2.45) is 9.98 Å². The Kier molecular flexibility index (Phi) is 8.68. The van der Waals surface area contributed by atoms with E-state index in [0.29, 0.717) is 34.6 Å². The van der Waals surface area contributed by atoms with Crippen LogP contribution in [0.4, 0.5) is 11.4 Å². The van der Waals surface area contributed by atoms with Gasteiger partial charge < -0.3 is 10.2 Å². The number of carbonyl (C=O) groups is 2. The van der Waals surface area contributed by atoms with E-state index in [9.17, 15) is 25.1 Å². The molecule has 4 aliphatic rings. The highest BCUT2D eigenvalue weighted by molar-refractivity contribution is 6.32. The molecule has 0 radical (unpaired) electrons. The molecule has 246 valence electrons. The largest absolute Gasteiger partial charge is 0.478 e. The van der Waals surface area contributed by atoms with E-state index in [1.165, 1.54) is 16.8 Å². The minimum atomic E-state index is -0.982. The maximum Gasteiger partial charge on any atom is 0.336 e. The standard InChI is InChI=1S/C21H18N2O2.C20H18ClNO2/c22-13-14-6-5-7-15(20(24)25)16(14)12-21-11-4-3-10-19(21)23-18-9-2-1-8-17(18)21;21-16-8-5-6-13(19(23)24)14(16)12-20-11-4-3-10-18(20)22-17-9-2-1-7-15(17)20/h1-2,5-9H,3-4,10-12H2,(H,24,25);1-2,5-9H,3-4,10-12H2,(H,23,24). The molecule has 2 unspecified atom stereocenters. The van der Waals surface area contributed by atoms with Crippen molar-refractivity contribution in [3.8, 4) is 6.07 Å². The molecule has 8 rings (SSSR count). The van der Waals surface area contributed by atoms with Gasteiger partial charge >= 0.3 is 11.9 Å². The Morgan fingerprint density at radius 2 is 1.16 bits per heavy atom. The van der Waals surface area contributed by atoms with Crippen LogP contribution in [0, 0.1) is 11.3 Å². The fourth-order valence-electron chi connectivity index (χ4n) is 8.55. The minimum Gasteiger partial charge on any atom is -0.478 e. The maximum absolute atomic E-state index is 11.7. The van der Waals surface area contributed by atoms with Crippen LogP contribution in [-0.4, -0.2) is 33.6 Å². The Morgan fingerprint density at radius 1 is 0.673 bits per heavy atom. The van der Waals surface area contributed by atoms with Gasteiger partial charge in [0.1, 0.15) is 0 Å². The first-order valence-corrected chi connectivity index (χ1v) is 17.3. The minimum absolute atomic E-state index is 0.204. The van der Waals surface area contributed by atoms with Crippen LogP contribution in [0.2, 0.25) is 5.02 Å². The summed E-state index contributed by atoms with van der Waals surface area (Å²) in [6.45, 7) is 0. The van der Waals surface area contributed by atoms with Gasteiger partial charge in [0.15, 0.2) is 0 Å². The summed E-state index contributed by atoms with van der Waals surface area (Å²) in [6.07, 6.45) is 9.44. The van der Waals surface area contributed by atoms with E-state index < -0.39 is 11.9 Å². The highest BCUT2D eigenvalue weighted by Gasteiger charge is 2.46. The van der Waals surface area contributed by atoms with Crippen LogP contribution in [0.1, 0.15) is 99.9 Å². The summed E-state index contributed by atoms with van der Waals surface area (Å²) in [4.78, 5) is 33.1. The summed E-state index contributed by atoms with van der Waals surface area (Å²) in [6, 6.07) is 28.6. The SMILES string of the molecule is N#Cc1cccc(C(=O)O)c1CC12CCCCC1=Nc1ccccc12.O=C(O)c1cccc(Cl)c1CC12CCCCC1=Nc1ccccc12. The predicted molar refractivity (Wildman–Crippen MR) is 191 cm³/mol. The third-order valence-electron chi connectivity index (χ3n) is 10.8. The maximum atomic E-state index is 11.7. The number of carboxylic acids is 2. The first-order valence-electron chi connectivity index (χ1n) is 16.9. The molecule has 0 bridgehead atoms. The fourth-order valence-corrected chi connectivity index (χ4v) is 8.79. The lowest BCUT2D eigenvalue weighted by Crippen LogP contribution is -2.39. The van der Waals surface area contributed by atoms with Crippen molar-refractivity contribution in [3.05, 3.63) is 129 Å². The zero-order valence-corrected chi connectivity index (χ0v) is 27.8. The second kappa shape index (κ2) is 13.1. The number of nitrogens with zero attached hydrogens (tertiary/aromatic N) is 3. The smallest absolute Gasteiger partial charge is 0.336 e. The van der Waals surface area contributed by atoms with Crippen LogP contribution in [-0.2, 0) is 23.7 Å². The van der Waals surface area contributed by atoms with E-state index >= 15 is 0 Å². The van der Waals surface area contributed by atoms with Crippen molar-refractivity contribution in [3.63, 3.8) is 0 Å². The zero-order chi connectivity index (χ0) is 34.2. The molecule has 4 aromatic rings. The van der Waals surface area contributed by atoms with E-state index in [1.807, 2.05) is 36.4 Å². The Balaban J connectivity index is 0.000000154. The molecule has 2 fully saturated rings. The van der Waals surface area contributed by atoms with Crippen molar-refractivity contribution in [2.45, 2.75) is 75.0 Å². The van der Waals surface area contributed by atoms with Gasteiger partial charge in [-0.15, -0.1) is 0 Å². The average Bonchev–Trinajstić information content (AvgIpc) is 3.62. The zero-order valence-electron chi connectivity index (χ0n) is 27.1. The lowest BCUT2D eigenvalue weighted by molar-refractivity contribution is 0.0684. The number of fused-ring (bicyclic) bond motifs is 6. The highest BCUT2D eigenvalue weighted by atomic mass is 35.5. The summed E-state index contributed by atoms with van der Waals surface area (Å²) in [7, 11) is 0. The van der Waals surface area contributed by atoms with E-state index in [-0.39, 0.29) is 16.4 Å². The average molecular weight is 670 g/mol. The van der Waals surface area contributed by atoms with E-state index in [0.717, 1.165) is 74.0 Å². The van der Waals surface area contributed by atoms with Gasteiger partial charge in [-0.1, -0.05) is 73.0 Å². The Labute approximate surface area is 290 Å². The van der Waals surface area contributed by atoms with Gasteiger partial charge in [-0.05, 0) is 110 Å². The molecular formula is C41H36ClN3O4. The van der Waals surface area contributed by atoms with E-state index in [4.69, 9.17) is 21.6 Å². The second-order valence-electron chi connectivity index (χ2n) is 13.4. The summed E-state index contributed by atoms with van der Waals surface area (Å²) < 4.78 is 0. The lowest BCUT2D eigenvalue weighted by Gasteiger charge is -2.36. The molecular weight excluding hydrogens is 634 g/mol. The quantitative estimate of drug-likeness (QED) is 0.212. The number of nitriles is 1. The van der Waals surface area contributed by atoms with Crippen LogP contribution in [0.3, 0.4) is 0 Å². The summed E-state index contributed by atoms with van der Waals surface area (Å²) in [5.41, 5.74) is 8.58. The number of benzene rings is 4. The van der Waals surface area contributed by atoms with Crippen molar-refractivity contribution < 1.29 is 19.8 Å². The topological polar surface area (TPSA) is 123 Å². The molecule has 2 aliphatic heterocycles. The third-order valence-corrected chi connectivity index (χ3v) is 11.2. The molecule has 8 heteroatoms. The number of carboxylic acid groups (broad SMARTS) is 2. The first-order chi connectivity index (χ1) is 23.8. The van der Waals surface area contributed by atoms with Crippen LogP contribution < -0.4 is 0 Å². The molecule has 0 spiro atoms. The van der Waals surface area contributed by atoms with Crippen molar-refractivity contribution >= 4 is 46.3 Å².